The molecule has 0 unspecified atom stereocenters. The van der Waals surface area contributed by atoms with Crippen LogP contribution in [-0.4, -0.2) is 12.6 Å². The molecule has 0 bridgehead atoms. The molecule has 0 aromatic heterocycles. The van der Waals surface area contributed by atoms with E-state index in [4.69, 9.17) is 4.74 Å². The molecule has 0 spiro atoms. The second-order valence-electron chi connectivity index (χ2n) is 8.46. The maximum absolute atomic E-state index is 11.6. The van der Waals surface area contributed by atoms with Crippen molar-refractivity contribution >= 4 is 5.97 Å². The van der Waals surface area contributed by atoms with Gasteiger partial charge in [0.25, 0.3) is 0 Å². The highest BCUT2D eigenvalue weighted by molar-refractivity contribution is 5.69. The van der Waals surface area contributed by atoms with Crippen molar-refractivity contribution in [3.05, 3.63) is 0 Å². The number of hydrogen-bond donors (Lipinski definition) is 0. The fraction of sp³-hybridized carbons (Fsp3) is 0.958. The zero-order chi connectivity index (χ0) is 19.3. The average Bonchev–Trinajstić information content (AvgIpc) is 2.62. The van der Waals surface area contributed by atoms with Gasteiger partial charge in [-0.05, 0) is 18.8 Å². The number of ether oxygens (including phenoxy) is 1. The van der Waals surface area contributed by atoms with Crippen LogP contribution in [0.15, 0.2) is 0 Å². The molecule has 0 atom stereocenters. The Balaban J connectivity index is 3.11. The minimum Gasteiger partial charge on any atom is -0.466 e. The molecule has 0 amide bonds. The molecule has 156 valence electrons. The van der Waals surface area contributed by atoms with E-state index in [0.717, 1.165) is 25.2 Å². The lowest BCUT2D eigenvalue weighted by molar-refractivity contribution is -0.143. The van der Waals surface area contributed by atoms with Crippen molar-refractivity contribution in [1.82, 2.24) is 0 Å². The van der Waals surface area contributed by atoms with E-state index in [2.05, 4.69) is 20.8 Å². The van der Waals surface area contributed by atoms with E-state index in [1.807, 2.05) is 0 Å². The Labute approximate surface area is 164 Å². The smallest absolute Gasteiger partial charge is 0.305 e. The second-order valence-corrected chi connectivity index (χ2v) is 8.46. The van der Waals surface area contributed by atoms with Crippen molar-refractivity contribution in [1.29, 1.82) is 0 Å². The zero-order valence-corrected chi connectivity index (χ0v) is 18.3. The average molecular weight is 369 g/mol. The summed E-state index contributed by atoms with van der Waals surface area (Å²) in [6, 6.07) is 0. The Morgan fingerprint density at radius 3 is 1.58 bits per heavy atom. The number of carbonyl (C=O) groups is 1. The summed E-state index contributed by atoms with van der Waals surface area (Å²) in [6.45, 7) is 7.37. The standard InChI is InChI=1S/C24H48O2/c1-4-5-6-7-8-9-10-11-12-13-14-15-16-19-22-26-24(25)21-18-17-20-23(2)3/h23H,4-22H2,1-3H3. The molecule has 0 fully saturated rings. The summed E-state index contributed by atoms with van der Waals surface area (Å²) in [6.07, 6.45) is 23.0. The highest BCUT2D eigenvalue weighted by atomic mass is 16.5. The van der Waals surface area contributed by atoms with Crippen LogP contribution in [0.1, 0.15) is 136 Å². The van der Waals surface area contributed by atoms with Gasteiger partial charge in [-0.2, -0.15) is 0 Å². The molecule has 2 heteroatoms. The normalized spacial score (nSPS) is 11.2. The van der Waals surface area contributed by atoms with Crippen LogP contribution in [0.5, 0.6) is 0 Å². The van der Waals surface area contributed by atoms with Gasteiger partial charge in [0.2, 0.25) is 0 Å². The molecule has 0 aliphatic rings. The molecule has 26 heavy (non-hydrogen) atoms. The molecule has 0 saturated carbocycles. The Hall–Kier alpha value is -0.530. The predicted molar refractivity (Wildman–Crippen MR) is 115 cm³/mol. The fourth-order valence-corrected chi connectivity index (χ4v) is 3.38. The van der Waals surface area contributed by atoms with Crippen LogP contribution in [0.4, 0.5) is 0 Å². The highest BCUT2D eigenvalue weighted by Gasteiger charge is 2.03. The Morgan fingerprint density at radius 2 is 1.12 bits per heavy atom. The van der Waals surface area contributed by atoms with Crippen LogP contribution in [0, 0.1) is 5.92 Å². The predicted octanol–water partition coefficient (Wildman–Crippen LogP) is 8.23. The Kier molecular flexibility index (Phi) is 20.4. The van der Waals surface area contributed by atoms with E-state index in [-0.39, 0.29) is 5.97 Å². The Morgan fingerprint density at radius 1 is 0.654 bits per heavy atom. The van der Waals surface area contributed by atoms with Crippen molar-refractivity contribution < 1.29 is 9.53 Å². The van der Waals surface area contributed by atoms with Gasteiger partial charge in [0, 0.05) is 6.42 Å². The monoisotopic (exact) mass is 368 g/mol. The zero-order valence-electron chi connectivity index (χ0n) is 18.3. The minimum atomic E-state index is 0.00319. The molecule has 0 aliphatic heterocycles. The number of esters is 1. The van der Waals surface area contributed by atoms with Gasteiger partial charge in [0.1, 0.15) is 0 Å². The highest BCUT2D eigenvalue weighted by Crippen LogP contribution is 2.13. The quantitative estimate of drug-likeness (QED) is 0.160. The minimum absolute atomic E-state index is 0.00319. The molecule has 0 aromatic carbocycles. The first kappa shape index (κ1) is 25.5. The molecule has 0 N–H and O–H groups in total. The van der Waals surface area contributed by atoms with Crippen LogP contribution >= 0.6 is 0 Å². The molecular formula is C24H48O2. The van der Waals surface area contributed by atoms with Crippen molar-refractivity contribution in [2.24, 2.45) is 5.92 Å². The number of hydrogen-bond acceptors (Lipinski definition) is 2. The summed E-state index contributed by atoms with van der Waals surface area (Å²) in [5.41, 5.74) is 0. The van der Waals surface area contributed by atoms with E-state index in [0.29, 0.717) is 13.0 Å². The van der Waals surface area contributed by atoms with Gasteiger partial charge < -0.3 is 4.74 Å². The summed E-state index contributed by atoms with van der Waals surface area (Å²) < 4.78 is 5.32. The SMILES string of the molecule is CCCCCCCCCCCCCCCCOC(=O)CCCCC(C)C. The molecule has 0 aromatic rings. The molecule has 0 aliphatic carbocycles. The van der Waals surface area contributed by atoms with Gasteiger partial charge in [0.05, 0.1) is 6.61 Å². The lowest BCUT2D eigenvalue weighted by atomic mass is 10.0. The third kappa shape index (κ3) is 21.5. The summed E-state index contributed by atoms with van der Waals surface area (Å²) in [7, 11) is 0. The van der Waals surface area contributed by atoms with Crippen LogP contribution in [0.25, 0.3) is 0 Å². The van der Waals surface area contributed by atoms with Gasteiger partial charge in [0.15, 0.2) is 0 Å². The lowest BCUT2D eigenvalue weighted by Crippen LogP contribution is -2.05. The van der Waals surface area contributed by atoms with Crippen molar-refractivity contribution in [2.75, 3.05) is 6.61 Å². The summed E-state index contributed by atoms with van der Waals surface area (Å²) in [4.78, 5) is 11.6. The third-order valence-corrected chi connectivity index (χ3v) is 5.17. The topological polar surface area (TPSA) is 26.3 Å². The maximum Gasteiger partial charge on any atom is 0.305 e. The van der Waals surface area contributed by atoms with Gasteiger partial charge in [-0.25, -0.2) is 0 Å². The van der Waals surface area contributed by atoms with Crippen LogP contribution in [-0.2, 0) is 9.53 Å². The first-order valence-electron chi connectivity index (χ1n) is 11.8. The second kappa shape index (κ2) is 20.8. The largest absolute Gasteiger partial charge is 0.466 e. The third-order valence-electron chi connectivity index (χ3n) is 5.17. The van der Waals surface area contributed by atoms with E-state index >= 15 is 0 Å². The number of rotatable bonds is 20. The van der Waals surface area contributed by atoms with E-state index in [1.165, 1.54) is 89.9 Å². The van der Waals surface area contributed by atoms with Gasteiger partial charge >= 0.3 is 5.97 Å². The van der Waals surface area contributed by atoms with Crippen molar-refractivity contribution in [3.8, 4) is 0 Å². The van der Waals surface area contributed by atoms with Crippen molar-refractivity contribution in [2.45, 2.75) is 136 Å². The summed E-state index contributed by atoms with van der Waals surface area (Å²) in [5, 5.41) is 0. The first-order valence-corrected chi connectivity index (χ1v) is 11.8. The Bertz CT molecular complexity index is 286. The molecule has 0 radical (unpaired) electrons. The maximum atomic E-state index is 11.6. The van der Waals surface area contributed by atoms with Gasteiger partial charge in [-0.3, -0.25) is 4.79 Å². The first-order chi connectivity index (χ1) is 12.7. The lowest BCUT2D eigenvalue weighted by Gasteiger charge is -2.06. The van der Waals surface area contributed by atoms with E-state index in [9.17, 15) is 4.79 Å². The van der Waals surface area contributed by atoms with E-state index < -0.39 is 0 Å². The molecule has 0 rings (SSSR count). The van der Waals surface area contributed by atoms with Crippen LogP contribution in [0.3, 0.4) is 0 Å². The van der Waals surface area contributed by atoms with Crippen LogP contribution in [0.2, 0.25) is 0 Å². The van der Waals surface area contributed by atoms with E-state index in [1.54, 1.807) is 0 Å². The van der Waals surface area contributed by atoms with Gasteiger partial charge in [-0.1, -0.05) is 117 Å². The van der Waals surface area contributed by atoms with Crippen LogP contribution < -0.4 is 0 Å². The van der Waals surface area contributed by atoms with Crippen molar-refractivity contribution in [3.63, 3.8) is 0 Å². The number of unbranched alkanes of at least 4 members (excludes halogenated alkanes) is 14. The number of carbonyl (C=O) groups excluding carboxylic acids is 1. The summed E-state index contributed by atoms with van der Waals surface area (Å²) in [5.74, 6) is 0.741. The molecule has 0 heterocycles. The van der Waals surface area contributed by atoms with Gasteiger partial charge in [-0.15, -0.1) is 0 Å². The molecule has 2 nitrogen and oxygen atoms in total. The fourth-order valence-electron chi connectivity index (χ4n) is 3.38. The molecular weight excluding hydrogens is 320 g/mol. The molecule has 0 saturated heterocycles. The summed E-state index contributed by atoms with van der Waals surface area (Å²) >= 11 is 0.